The highest BCUT2D eigenvalue weighted by molar-refractivity contribution is 5.84. The van der Waals surface area contributed by atoms with Crippen molar-refractivity contribution in [3.05, 3.63) is 77.2 Å². The van der Waals surface area contributed by atoms with Gasteiger partial charge in [0, 0.05) is 48.9 Å². The molecule has 3 N–H and O–H groups in total. The molecule has 1 saturated heterocycles. The van der Waals surface area contributed by atoms with Crippen molar-refractivity contribution in [2.45, 2.75) is 25.9 Å². The van der Waals surface area contributed by atoms with E-state index in [1.54, 1.807) is 6.07 Å². The van der Waals surface area contributed by atoms with Crippen molar-refractivity contribution in [2.24, 2.45) is 0 Å². The molecule has 5 rings (SSSR count). The second-order valence-corrected chi connectivity index (χ2v) is 8.62. The molecule has 0 bridgehead atoms. The van der Waals surface area contributed by atoms with E-state index in [0.29, 0.717) is 23.4 Å². The van der Waals surface area contributed by atoms with Crippen LogP contribution in [0.1, 0.15) is 23.7 Å². The number of aromatic amines is 1. The lowest BCUT2D eigenvalue weighted by Gasteiger charge is -2.46. The molecule has 1 unspecified atom stereocenters. The van der Waals surface area contributed by atoms with Gasteiger partial charge in [-0.15, -0.1) is 0 Å². The Morgan fingerprint density at radius 1 is 1.16 bits per heavy atom. The number of phenolic OH excluding ortho intramolecular Hbond substituents is 1. The van der Waals surface area contributed by atoms with Crippen molar-refractivity contribution in [2.75, 3.05) is 19.6 Å². The van der Waals surface area contributed by atoms with Gasteiger partial charge in [-0.2, -0.15) is 5.10 Å². The topological polar surface area (TPSA) is 77.1 Å². The molecule has 1 aliphatic heterocycles. The fraction of sp³-hybridized carbons (Fsp3) is 0.280. The summed E-state index contributed by atoms with van der Waals surface area (Å²) in [4.78, 5) is 7.08. The van der Waals surface area contributed by atoms with E-state index in [0.717, 1.165) is 42.3 Å². The van der Waals surface area contributed by atoms with E-state index in [9.17, 15) is 9.50 Å². The van der Waals surface area contributed by atoms with Crippen LogP contribution in [0.15, 0.2) is 54.6 Å². The van der Waals surface area contributed by atoms with Crippen molar-refractivity contribution in [1.82, 2.24) is 25.4 Å². The van der Waals surface area contributed by atoms with Gasteiger partial charge in [0.05, 0.1) is 11.2 Å². The lowest BCUT2D eigenvalue weighted by molar-refractivity contribution is 0.0654. The number of aryl methyl sites for hydroxylation is 1. The minimum absolute atomic E-state index is 0.109. The molecular weight excluding hydrogens is 405 g/mol. The molecule has 7 heteroatoms. The van der Waals surface area contributed by atoms with Gasteiger partial charge in [-0.25, -0.2) is 9.37 Å². The fourth-order valence-electron chi connectivity index (χ4n) is 4.69. The summed E-state index contributed by atoms with van der Waals surface area (Å²) in [6.45, 7) is 7.55. The van der Waals surface area contributed by atoms with Crippen molar-refractivity contribution >= 4 is 11.0 Å². The maximum Gasteiger partial charge on any atom is 0.182 e. The van der Waals surface area contributed by atoms with Gasteiger partial charge in [0.25, 0.3) is 0 Å². The summed E-state index contributed by atoms with van der Waals surface area (Å²) in [5, 5.41) is 21.5. The molecule has 3 heterocycles. The van der Waals surface area contributed by atoms with Crippen molar-refractivity contribution in [1.29, 1.82) is 0 Å². The number of fused-ring (bicyclic) bond motifs is 1. The number of hydrogen-bond acceptors (Lipinski definition) is 5. The van der Waals surface area contributed by atoms with Crippen LogP contribution in [0, 0.1) is 12.7 Å². The number of pyridine rings is 1. The summed E-state index contributed by atoms with van der Waals surface area (Å²) >= 11 is 0. The first-order valence-corrected chi connectivity index (χ1v) is 10.8. The highest BCUT2D eigenvalue weighted by Gasteiger charge is 2.36. The molecule has 0 radical (unpaired) electrons. The third kappa shape index (κ3) is 3.53. The number of H-pyrrole nitrogens is 1. The second-order valence-electron chi connectivity index (χ2n) is 8.62. The Labute approximate surface area is 186 Å². The van der Waals surface area contributed by atoms with Crippen LogP contribution in [0.5, 0.6) is 5.75 Å². The van der Waals surface area contributed by atoms with Gasteiger partial charge >= 0.3 is 0 Å². The number of aromatic nitrogens is 3. The standard InChI is InChI=1S/C25H26FN5O/c1-16-23-17(14-31-11-10-27-15-25(31,2)18-6-4-3-5-7-18)12-22(28-24(23)30-29-16)20-9-8-19(32)13-21(20)26/h3-9,12-13,27,32H,10-11,14-15H2,1-2H3,(H,28,29,30). The summed E-state index contributed by atoms with van der Waals surface area (Å²) in [6, 6.07) is 16.6. The Bertz CT molecular complexity index is 1270. The number of nitrogens with zero attached hydrogens (tertiary/aromatic N) is 3. The van der Waals surface area contributed by atoms with Crippen LogP contribution in [0.4, 0.5) is 4.39 Å². The summed E-state index contributed by atoms with van der Waals surface area (Å²) in [5.74, 6) is -0.617. The Morgan fingerprint density at radius 2 is 1.97 bits per heavy atom. The van der Waals surface area contributed by atoms with Crippen molar-refractivity contribution in [3.63, 3.8) is 0 Å². The minimum atomic E-state index is -0.508. The zero-order valence-electron chi connectivity index (χ0n) is 18.2. The number of phenols is 1. The summed E-state index contributed by atoms with van der Waals surface area (Å²) in [6.07, 6.45) is 0. The van der Waals surface area contributed by atoms with Crippen LogP contribution in [0.25, 0.3) is 22.3 Å². The smallest absolute Gasteiger partial charge is 0.182 e. The SMILES string of the molecule is Cc1[nH]nc2nc(-c3ccc(O)cc3F)cc(CN3CCNCC3(C)c3ccccc3)c12. The van der Waals surface area contributed by atoms with E-state index in [1.165, 1.54) is 11.6 Å². The molecule has 0 aliphatic carbocycles. The summed E-state index contributed by atoms with van der Waals surface area (Å²) in [5.41, 5.74) is 4.48. The van der Waals surface area contributed by atoms with Gasteiger partial charge in [0.15, 0.2) is 5.65 Å². The Morgan fingerprint density at radius 3 is 2.75 bits per heavy atom. The number of hydrogen-bond donors (Lipinski definition) is 3. The van der Waals surface area contributed by atoms with Gasteiger partial charge in [-0.05, 0) is 43.2 Å². The van der Waals surface area contributed by atoms with Gasteiger partial charge in [-0.1, -0.05) is 30.3 Å². The third-order valence-corrected chi connectivity index (χ3v) is 6.50. The number of halogens is 1. The lowest BCUT2D eigenvalue weighted by Crippen LogP contribution is -2.56. The number of nitrogens with one attached hydrogen (secondary N) is 2. The predicted molar refractivity (Wildman–Crippen MR) is 123 cm³/mol. The molecule has 1 fully saturated rings. The molecule has 164 valence electrons. The lowest BCUT2D eigenvalue weighted by atomic mass is 9.87. The minimum Gasteiger partial charge on any atom is -0.508 e. The van der Waals surface area contributed by atoms with Crippen LogP contribution < -0.4 is 5.32 Å². The average molecular weight is 432 g/mol. The zero-order valence-corrected chi connectivity index (χ0v) is 18.2. The largest absolute Gasteiger partial charge is 0.508 e. The average Bonchev–Trinajstić information content (AvgIpc) is 3.17. The molecular formula is C25H26FN5O. The molecule has 2 aromatic heterocycles. The van der Waals surface area contributed by atoms with Gasteiger partial charge in [-0.3, -0.25) is 10.00 Å². The Kier molecular flexibility index (Phi) is 5.15. The highest BCUT2D eigenvalue weighted by atomic mass is 19.1. The summed E-state index contributed by atoms with van der Waals surface area (Å²) < 4.78 is 14.6. The first-order valence-electron chi connectivity index (χ1n) is 10.8. The first-order chi connectivity index (χ1) is 15.5. The molecule has 1 aliphatic rings. The van der Waals surface area contributed by atoms with E-state index in [4.69, 9.17) is 0 Å². The van der Waals surface area contributed by atoms with Crippen molar-refractivity contribution in [3.8, 4) is 17.0 Å². The third-order valence-electron chi connectivity index (χ3n) is 6.50. The molecule has 0 amide bonds. The monoisotopic (exact) mass is 431 g/mol. The highest BCUT2D eigenvalue weighted by Crippen LogP contribution is 2.34. The maximum absolute atomic E-state index is 14.6. The van der Waals surface area contributed by atoms with Crippen LogP contribution in [0.3, 0.4) is 0 Å². The molecule has 0 saturated carbocycles. The van der Waals surface area contributed by atoms with Crippen LogP contribution in [0.2, 0.25) is 0 Å². The van der Waals surface area contributed by atoms with Gasteiger partial charge in [0.2, 0.25) is 0 Å². The maximum atomic E-state index is 14.6. The molecule has 4 aromatic rings. The quantitative estimate of drug-likeness (QED) is 0.454. The number of rotatable bonds is 4. The Balaban J connectivity index is 1.61. The fourth-order valence-corrected chi connectivity index (χ4v) is 4.69. The van der Waals surface area contributed by atoms with Gasteiger partial charge < -0.3 is 10.4 Å². The van der Waals surface area contributed by atoms with Crippen LogP contribution >= 0.6 is 0 Å². The zero-order chi connectivity index (χ0) is 22.3. The summed E-state index contributed by atoms with van der Waals surface area (Å²) in [7, 11) is 0. The molecule has 6 nitrogen and oxygen atoms in total. The number of piperazine rings is 1. The van der Waals surface area contributed by atoms with Gasteiger partial charge in [0.1, 0.15) is 11.6 Å². The first kappa shape index (κ1) is 20.6. The van der Waals surface area contributed by atoms with E-state index in [-0.39, 0.29) is 11.3 Å². The molecule has 1 atom stereocenters. The number of aromatic hydroxyl groups is 1. The predicted octanol–water partition coefficient (Wildman–Crippen LogP) is 4.10. The van der Waals surface area contributed by atoms with E-state index in [1.807, 2.05) is 19.1 Å². The van der Waals surface area contributed by atoms with E-state index >= 15 is 0 Å². The molecule has 2 aromatic carbocycles. The molecule has 32 heavy (non-hydrogen) atoms. The van der Waals surface area contributed by atoms with Crippen molar-refractivity contribution < 1.29 is 9.50 Å². The van der Waals surface area contributed by atoms with E-state index < -0.39 is 5.82 Å². The second kappa shape index (κ2) is 8.00. The molecule has 0 spiro atoms. The normalized spacial score (nSPS) is 19.5. The van der Waals surface area contributed by atoms with E-state index in [2.05, 4.69) is 56.6 Å². The van der Waals surface area contributed by atoms with Crippen LogP contribution in [-0.4, -0.2) is 44.8 Å². The Hall–Kier alpha value is -3.29. The number of benzene rings is 2. The van der Waals surface area contributed by atoms with Crippen LogP contribution in [-0.2, 0) is 12.1 Å².